The van der Waals surface area contributed by atoms with Crippen LogP contribution in [0.2, 0.25) is 0 Å². The van der Waals surface area contributed by atoms with Crippen molar-refractivity contribution < 1.29 is 4.79 Å². The number of aldehydes is 1. The van der Waals surface area contributed by atoms with E-state index in [4.69, 9.17) is 0 Å². The van der Waals surface area contributed by atoms with Gasteiger partial charge in [-0.1, -0.05) is 30.3 Å². The standard InChI is InChI=1S/C11H15NO/c1-10(12-7-8-13)9-11-5-3-2-4-6-11/h2-6,8,10,12H,7,9H2,1H3. The lowest BCUT2D eigenvalue weighted by molar-refractivity contribution is -0.107. The molecule has 0 bridgehead atoms. The second kappa shape index (κ2) is 5.49. The minimum Gasteiger partial charge on any atom is -0.307 e. The highest BCUT2D eigenvalue weighted by atomic mass is 16.1. The molecule has 1 atom stereocenters. The van der Waals surface area contributed by atoms with E-state index >= 15 is 0 Å². The topological polar surface area (TPSA) is 29.1 Å². The zero-order chi connectivity index (χ0) is 9.52. The summed E-state index contributed by atoms with van der Waals surface area (Å²) in [5, 5.41) is 3.11. The van der Waals surface area contributed by atoms with E-state index < -0.39 is 0 Å². The smallest absolute Gasteiger partial charge is 0.133 e. The number of nitrogens with one attached hydrogen (secondary N) is 1. The van der Waals surface area contributed by atoms with E-state index in [2.05, 4.69) is 24.4 Å². The summed E-state index contributed by atoms with van der Waals surface area (Å²) in [6.07, 6.45) is 1.86. The monoisotopic (exact) mass is 177 g/mol. The van der Waals surface area contributed by atoms with Gasteiger partial charge >= 0.3 is 0 Å². The fourth-order valence-corrected chi connectivity index (χ4v) is 1.29. The Morgan fingerprint density at radius 3 is 2.69 bits per heavy atom. The molecule has 1 aromatic carbocycles. The number of carbonyl (C=O) groups is 1. The molecule has 2 nitrogen and oxygen atoms in total. The summed E-state index contributed by atoms with van der Waals surface area (Å²) in [4.78, 5) is 10.1. The maximum Gasteiger partial charge on any atom is 0.133 e. The Balaban J connectivity index is 2.36. The van der Waals surface area contributed by atoms with Crippen molar-refractivity contribution in [2.24, 2.45) is 0 Å². The summed E-state index contributed by atoms with van der Waals surface area (Å²) in [6, 6.07) is 10.6. The van der Waals surface area contributed by atoms with Crippen molar-refractivity contribution >= 4 is 6.29 Å². The molecule has 0 aliphatic heterocycles. The van der Waals surface area contributed by atoms with Crippen LogP contribution in [-0.4, -0.2) is 18.9 Å². The summed E-state index contributed by atoms with van der Waals surface area (Å²) in [7, 11) is 0. The van der Waals surface area contributed by atoms with Crippen LogP contribution in [0.4, 0.5) is 0 Å². The van der Waals surface area contributed by atoms with Gasteiger partial charge in [-0.15, -0.1) is 0 Å². The number of hydrogen-bond donors (Lipinski definition) is 1. The third-order valence-electron chi connectivity index (χ3n) is 1.93. The van der Waals surface area contributed by atoms with Crippen molar-refractivity contribution in [3.8, 4) is 0 Å². The summed E-state index contributed by atoms with van der Waals surface area (Å²) < 4.78 is 0. The summed E-state index contributed by atoms with van der Waals surface area (Å²) in [6.45, 7) is 2.52. The van der Waals surface area contributed by atoms with Crippen molar-refractivity contribution in [2.75, 3.05) is 6.54 Å². The average molecular weight is 177 g/mol. The Bertz CT molecular complexity index is 246. The minimum absolute atomic E-state index is 0.354. The van der Waals surface area contributed by atoms with Crippen LogP contribution < -0.4 is 5.32 Å². The van der Waals surface area contributed by atoms with Gasteiger partial charge in [0, 0.05) is 6.04 Å². The van der Waals surface area contributed by atoms with Gasteiger partial charge in [-0.05, 0) is 18.9 Å². The first kappa shape index (κ1) is 9.93. The fourth-order valence-electron chi connectivity index (χ4n) is 1.29. The molecule has 1 unspecified atom stereocenters. The molecule has 0 saturated carbocycles. The Kier molecular flexibility index (Phi) is 4.19. The maximum atomic E-state index is 10.1. The third kappa shape index (κ3) is 3.85. The molecule has 0 amide bonds. The first-order chi connectivity index (χ1) is 6.33. The molecule has 70 valence electrons. The second-order valence-corrected chi connectivity index (χ2v) is 3.17. The van der Waals surface area contributed by atoms with Crippen LogP contribution in [0.1, 0.15) is 12.5 Å². The molecule has 1 rings (SSSR count). The molecule has 0 aliphatic carbocycles. The van der Waals surface area contributed by atoms with E-state index in [1.165, 1.54) is 5.56 Å². The minimum atomic E-state index is 0.354. The van der Waals surface area contributed by atoms with Crippen LogP contribution in [0.25, 0.3) is 0 Å². The maximum absolute atomic E-state index is 10.1. The molecule has 0 fully saturated rings. The lowest BCUT2D eigenvalue weighted by atomic mass is 10.1. The number of benzene rings is 1. The molecule has 2 heteroatoms. The normalized spacial score (nSPS) is 12.4. The van der Waals surface area contributed by atoms with Gasteiger partial charge in [0.25, 0.3) is 0 Å². The quantitative estimate of drug-likeness (QED) is 0.689. The summed E-state index contributed by atoms with van der Waals surface area (Å²) >= 11 is 0. The first-order valence-corrected chi connectivity index (χ1v) is 4.54. The predicted molar refractivity (Wildman–Crippen MR) is 53.7 cm³/mol. The van der Waals surface area contributed by atoms with Crippen molar-refractivity contribution in [1.29, 1.82) is 0 Å². The van der Waals surface area contributed by atoms with Crippen molar-refractivity contribution in [3.63, 3.8) is 0 Å². The molecule has 1 aromatic rings. The largest absolute Gasteiger partial charge is 0.307 e. The van der Waals surface area contributed by atoms with Crippen LogP contribution in [0.15, 0.2) is 30.3 Å². The van der Waals surface area contributed by atoms with E-state index in [9.17, 15) is 4.79 Å². The molecule has 0 heterocycles. The lowest BCUT2D eigenvalue weighted by Gasteiger charge is -2.10. The number of rotatable bonds is 5. The summed E-state index contributed by atoms with van der Waals surface area (Å²) in [5.41, 5.74) is 1.30. The number of carbonyl (C=O) groups excluding carboxylic acids is 1. The fraction of sp³-hybridized carbons (Fsp3) is 0.364. The highest BCUT2D eigenvalue weighted by Gasteiger charge is 2.00. The predicted octanol–water partition coefficient (Wildman–Crippen LogP) is 1.41. The van der Waals surface area contributed by atoms with Crippen molar-refractivity contribution in [1.82, 2.24) is 5.32 Å². The Morgan fingerprint density at radius 1 is 1.38 bits per heavy atom. The molecule has 0 saturated heterocycles. The lowest BCUT2D eigenvalue weighted by Crippen LogP contribution is -2.29. The molecule has 13 heavy (non-hydrogen) atoms. The Morgan fingerprint density at radius 2 is 2.08 bits per heavy atom. The van der Waals surface area contributed by atoms with Gasteiger partial charge in [0.2, 0.25) is 0 Å². The van der Waals surface area contributed by atoms with E-state index in [0.29, 0.717) is 12.6 Å². The van der Waals surface area contributed by atoms with Crippen LogP contribution in [0.5, 0.6) is 0 Å². The number of hydrogen-bond acceptors (Lipinski definition) is 2. The van der Waals surface area contributed by atoms with E-state index in [1.54, 1.807) is 0 Å². The Hall–Kier alpha value is -1.15. The van der Waals surface area contributed by atoms with Gasteiger partial charge in [0.05, 0.1) is 6.54 Å². The average Bonchev–Trinajstić information content (AvgIpc) is 2.16. The molecule has 0 radical (unpaired) electrons. The van der Waals surface area contributed by atoms with Crippen molar-refractivity contribution in [2.45, 2.75) is 19.4 Å². The van der Waals surface area contributed by atoms with Gasteiger partial charge in [0.15, 0.2) is 0 Å². The van der Waals surface area contributed by atoms with Crippen LogP contribution in [0, 0.1) is 0 Å². The molecule has 0 spiro atoms. The summed E-state index contributed by atoms with van der Waals surface area (Å²) in [5.74, 6) is 0. The molecule has 1 N–H and O–H groups in total. The van der Waals surface area contributed by atoms with Crippen molar-refractivity contribution in [3.05, 3.63) is 35.9 Å². The van der Waals surface area contributed by atoms with Gasteiger partial charge in [-0.25, -0.2) is 0 Å². The zero-order valence-electron chi connectivity index (χ0n) is 7.86. The second-order valence-electron chi connectivity index (χ2n) is 3.17. The van der Waals surface area contributed by atoms with Crippen LogP contribution in [0.3, 0.4) is 0 Å². The zero-order valence-corrected chi connectivity index (χ0v) is 7.86. The molecule has 0 aliphatic rings. The van der Waals surface area contributed by atoms with Gasteiger partial charge in [-0.2, -0.15) is 0 Å². The van der Waals surface area contributed by atoms with Crippen LogP contribution in [-0.2, 0) is 11.2 Å². The van der Waals surface area contributed by atoms with E-state index in [0.717, 1.165) is 12.7 Å². The van der Waals surface area contributed by atoms with E-state index in [1.807, 2.05) is 18.2 Å². The van der Waals surface area contributed by atoms with Gasteiger partial charge in [0.1, 0.15) is 6.29 Å². The molecular formula is C11H15NO. The molecular weight excluding hydrogens is 162 g/mol. The first-order valence-electron chi connectivity index (χ1n) is 4.54. The highest BCUT2D eigenvalue weighted by Crippen LogP contribution is 2.01. The highest BCUT2D eigenvalue weighted by molar-refractivity contribution is 5.51. The van der Waals surface area contributed by atoms with E-state index in [-0.39, 0.29) is 0 Å². The third-order valence-corrected chi connectivity index (χ3v) is 1.93. The SMILES string of the molecule is CC(Cc1ccccc1)NCC=O. The Labute approximate surface area is 79.0 Å². The van der Waals surface area contributed by atoms with Crippen LogP contribution >= 0.6 is 0 Å². The van der Waals surface area contributed by atoms with Gasteiger partial charge in [-0.3, -0.25) is 0 Å². The van der Waals surface area contributed by atoms with Gasteiger partial charge < -0.3 is 10.1 Å². The molecule has 0 aromatic heterocycles.